The van der Waals surface area contributed by atoms with E-state index in [2.05, 4.69) is 9.97 Å². The number of benzene rings is 1. The molecule has 118 valence electrons. The summed E-state index contributed by atoms with van der Waals surface area (Å²) in [5, 5.41) is 2.98. The van der Waals surface area contributed by atoms with Crippen molar-refractivity contribution in [3.8, 4) is 0 Å². The number of esters is 1. The van der Waals surface area contributed by atoms with Gasteiger partial charge in [-0.15, -0.1) is 11.3 Å². The Balaban J connectivity index is 1.88. The molecule has 0 saturated carbocycles. The first-order valence-corrected chi connectivity index (χ1v) is 8.28. The number of thiazole rings is 1. The molecule has 3 aromatic rings. The fraction of sp³-hybridized carbons (Fsp3) is 0.133. The highest BCUT2D eigenvalue weighted by Gasteiger charge is 2.22. The van der Waals surface area contributed by atoms with Crippen LogP contribution in [-0.2, 0) is 11.3 Å². The normalized spacial score (nSPS) is 12.1. The van der Waals surface area contributed by atoms with E-state index in [1.54, 1.807) is 48.5 Å². The molecule has 0 spiro atoms. The average Bonchev–Trinajstić information content (AvgIpc) is 3.20. The molecule has 3 rings (SSSR count). The van der Waals surface area contributed by atoms with Gasteiger partial charge < -0.3 is 9.30 Å². The highest BCUT2D eigenvalue weighted by molar-refractivity contribution is 7.11. The summed E-state index contributed by atoms with van der Waals surface area (Å²) in [6.45, 7) is 0.387. The number of carbonyl (C=O) groups is 1. The highest BCUT2D eigenvalue weighted by Crippen LogP contribution is 2.30. The third kappa shape index (κ3) is 3.90. The van der Waals surface area contributed by atoms with Gasteiger partial charge in [-0.3, -0.25) is 0 Å². The zero-order valence-electron chi connectivity index (χ0n) is 11.7. The Labute approximate surface area is 146 Å². The Kier molecular flexibility index (Phi) is 4.95. The Morgan fingerprint density at radius 2 is 2.22 bits per heavy atom. The molecular formula is C15H11Cl2N3O2S. The zero-order valence-corrected chi connectivity index (χ0v) is 14.1. The van der Waals surface area contributed by atoms with Gasteiger partial charge in [-0.25, -0.2) is 14.8 Å². The van der Waals surface area contributed by atoms with Crippen LogP contribution in [0.4, 0.5) is 0 Å². The van der Waals surface area contributed by atoms with Crippen molar-refractivity contribution in [2.24, 2.45) is 0 Å². The van der Waals surface area contributed by atoms with E-state index in [1.165, 1.54) is 11.3 Å². The molecule has 8 heteroatoms. The standard InChI is InChI=1S/C15H11Cl2N3O2S/c16-10-1-2-11(12(17)7-10)13(8-20-5-3-18-9-20)22-15(21)14-19-4-6-23-14/h1-7,9,13H,8H2. The molecule has 0 aliphatic heterocycles. The maximum atomic E-state index is 12.2. The van der Waals surface area contributed by atoms with Crippen LogP contribution in [0.15, 0.2) is 48.5 Å². The predicted octanol–water partition coefficient (Wildman–Crippen LogP) is 4.24. The maximum absolute atomic E-state index is 12.2. The maximum Gasteiger partial charge on any atom is 0.368 e. The van der Waals surface area contributed by atoms with Crippen molar-refractivity contribution in [2.45, 2.75) is 12.6 Å². The molecule has 2 heterocycles. The number of carbonyl (C=O) groups excluding carboxylic acids is 1. The minimum Gasteiger partial charge on any atom is -0.450 e. The molecule has 0 fully saturated rings. The van der Waals surface area contributed by atoms with Gasteiger partial charge in [-0.05, 0) is 12.1 Å². The number of hydrogen-bond donors (Lipinski definition) is 0. The number of ether oxygens (including phenoxy) is 1. The van der Waals surface area contributed by atoms with Gasteiger partial charge in [0, 0.05) is 39.6 Å². The van der Waals surface area contributed by atoms with Crippen LogP contribution in [0.25, 0.3) is 0 Å². The first-order valence-electron chi connectivity index (χ1n) is 6.64. The summed E-state index contributed by atoms with van der Waals surface area (Å²) < 4.78 is 7.42. The molecule has 0 aliphatic carbocycles. The van der Waals surface area contributed by atoms with Gasteiger partial charge in [0.1, 0.15) is 6.10 Å². The molecule has 0 N–H and O–H groups in total. The Hall–Kier alpha value is -1.89. The second kappa shape index (κ2) is 7.12. The quantitative estimate of drug-likeness (QED) is 0.632. The van der Waals surface area contributed by atoms with Crippen LogP contribution in [0, 0.1) is 0 Å². The lowest BCUT2D eigenvalue weighted by atomic mass is 10.1. The Morgan fingerprint density at radius 1 is 1.35 bits per heavy atom. The van der Waals surface area contributed by atoms with Crippen molar-refractivity contribution in [1.29, 1.82) is 0 Å². The van der Waals surface area contributed by atoms with Crippen LogP contribution in [0.5, 0.6) is 0 Å². The van der Waals surface area contributed by atoms with E-state index < -0.39 is 12.1 Å². The lowest BCUT2D eigenvalue weighted by Gasteiger charge is -2.19. The number of rotatable bonds is 5. The van der Waals surface area contributed by atoms with E-state index >= 15 is 0 Å². The van der Waals surface area contributed by atoms with Crippen molar-refractivity contribution >= 4 is 40.5 Å². The van der Waals surface area contributed by atoms with Crippen LogP contribution in [0.2, 0.25) is 10.0 Å². The summed E-state index contributed by atoms with van der Waals surface area (Å²) in [6, 6.07) is 5.08. The van der Waals surface area contributed by atoms with Gasteiger partial charge in [-0.1, -0.05) is 29.3 Å². The Morgan fingerprint density at radius 3 is 2.87 bits per heavy atom. The monoisotopic (exact) mass is 367 g/mol. The fourth-order valence-electron chi connectivity index (χ4n) is 2.05. The van der Waals surface area contributed by atoms with E-state index in [9.17, 15) is 4.79 Å². The average molecular weight is 368 g/mol. The lowest BCUT2D eigenvalue weighted by molar-refractivity contribution is 0.0255. The van der Waals surface area contributed by atoms with Crippen molar-refractivity contribution < 1.29 is 9.53 Å². The topological polar surface area (TPSA) is 57.0 Å². The minimum absolute atomic E-state index is 0.297. The molecule has 0 radical (unpaired) electrons. The fourth-order valence-corrected chi connectivity index (χ4v) is 3.10. The third-order valence-electron chi connectivity index (χ3n) is 3.10. The second-order valence-corrected chi connectivity index (χ2v) is 6.39. The number of halogens is 2. The molecule has 1 unspecified atom stereocenters. The molecule has 5 nitrogen and oxygen atoms in total. The van der Waals surface area contributed by atoms with Crippen LogP contribution < -0.4 is 0 Å². The number of aromatic nitrogens is 3. The smallest absolute Gasteiger partial charge is 0.368 e. The van der Waals surface area contributed by atoms with Crippen molar-refractivity contribution in [3.63, 3.8) is 0 Å². The number of nitrogens with zero attached hydrogens (tertiary/aromatic N) is 3. The van der Waals surface area contributed by atoms with Gasteiger partial charge in [0.05, 0.1) is 12.9 Å². The van der Waals surface area contributed by atoms with Crippen molar-refractivity contribution in [3.05, 3.63) is 69.1 Å². The second-order valence-electron chi connectivity index (χ2n) is 4.66. The first-order chi connectivity index (χ1) is 11.1. The van der Waals surface area contributed by atoms with Gasteiger partial charge in [-0.2, -0.15) is 0 Å². The molecule has 0 saturated heterocycles. The van der Waals surface area contributed by atoms with Gasteiger partial charge in [0.25, 0.3) is 0 Å². The van der Waals surface area contributed by atoms with Crippen LogP contribution in [-0.4, -0.2) is 20.5 Å². The van der Waals surface area contributed by atoms with E-state index in [4.69, 9.17) is 27.9 Å². The van der Waals surface area contributed by atoms with Crippen LogP contribution >= 0.6 is 34.5 Å². The van der Waals surface area contributed by atoms with Gasteiger partial charge in [0.15, 0.2) is 0 Å². The Bertz CT molecular complexity index is 791. The molecule has 2 aromatic heterocycles. The molecule has 0 aliphatic rings. The van der Waals surface area contributed by atoms with Crippen molar-refractivity contribution in [1.82, 2.24) is 14.5 Å². The molecule has 0 bridgehead atoms. The molecule has 1 aromatic carbocycles. The molecule has 23 heavy (non-hydrogen) atoms. The van der Waals surface area contributed by atoms with Crippen molar-refractivity contribution in [2.75, 3.05) is 0 Å². The summed E-state index contributed by atoms with van der Waals surface area (Å²) in [5.74, 6) is -0.490. The number of imidazole rings is 1. The molecule has 1 atom stereocenters. The minimum atomic E-state index is -0.578. The van der Waals surface area contributed by atoms with E-state index in [0.29, 0.717) is 27.2 Å². The lowest BCUT2D eigenvalue weighted by Crippen LogP contribution is -2.17. The summed E-state index contributed by atoms with van der Waals surface area (Å²) in [5.41, 5.74) is 0.676. The summed E-state index contributed by atoms with van der Waals surface area (Å²) >= 11 is 13.4. The van der Waals surface area contributed by atoms with Crippen LogP contribution in [0.3, 0.4) is 0 Å². The predicted molar refractivity (Wildman–Crippen MR) is 89.0 cm³/mol. The van der Waals surface area contributed by atoms with Crippen LogP contribution in [0.1, 0.15) is 21.5 Å². The SMILES string of the molecule is O=C(OC(Cn1ccnc1)c1ccc(Cl)cc1Cl)c1nccs1. The summed E-state index contributed by atoms with van der Waals surface area (Å²) in [7, 11) is 0. The first kappa shape index (κ1) is 16.0. The molecular weight excluding hydrogens is 357 g/mol. The van der Waals surface area contributed by atoms with E-state index in [1.807, 2.05) is 4.57 Å². The van der Waals surface area contributed by atoms with E-state index in [-0.39, 0.29) is 0 Å². The van der Waals surface area contributed by atoms with Gasteiger partial charge >= 0.3 is 5.97 Å². The zero-order chi connectivity index (χ0) is 16.2. The highest BCUT2D eigenvalue weighted by atomic mass is 35.5. The molecule has 0 amide bonds. The largest absolute Gasteiger partial charge is 0.450 e. The van der Waals surface area contributed by atoms with Gasteiger partial charge in [0.2, 0.25) is 5.01 Å². The summed E-state index contributed by atoms with van der Waals surface area (Å²) in [6.07, 6.45) is 6.07. The summed E-state index contributed by atoms with van der Waals surface area (Å²) in [4.78, 5) is 20.2. The number of hydrogen-bond acceptors (Lipinski definition) is 5. The van der Waals surface area contributed by atoms with E-state index in [0.717, 1.165) is 0 Å². The third-order valence-corrected chi connectivity index (χ3v) is 4.42.